The highest BCUT2D eigenvalue weighted by molar-refractivity contribution is 6.38. The lowest BCUT2D eigenvalue weighted by Crippen LogP contribution is -2.59. The molecule has 5 atom stereocenters. The average Bonchev–Trinajstić information content (AvgIpc) is 3.85. The largest absolute Gasteiger partial charge is 0.387 e. The van der Waals surface area contributed by atoms with Crippen molar-refractivity contribution in [1.82, 2.24) is 20.9 Å². The van der Waals surface area contributed by atoms with Gasteiger partial charge in [-0.25, -0.2) is 0 Å². The predicted octanol–water partition coefficient (Wildman–Crippen LogP) is 6.60. The van der Waals surface area contributed by atoms with E-state index in [2.05, 4.69) is 21.1 Å². The number of likely N-dealkylation sites (tertiary alicyclic amines) is 1. The number of nitrogens with one attached hydrogen (secondary N) is 3. The molecule has 0 bridgehead atoms. The van der Waals surface area contributed by atoms with Crippen LogP contribution < -0.4 is 16.0 Å². The van der Waals surface area contributed by atoms with Crippen LogP contribution in [-0.4, -0.2) is 81.4 Å². The van der Waals surface area contributed by atoms with E-state index < -0.39 is 64.3 Å². The number of aliphatic hydroxyl groups is 1. The number of carbonyl (C=O) groups is 5. The van der Waals surface area contributed by atoms with Crippen molar-refractivity contribution in [1.29, 1.82) is 0 Å². The highest BCUT2D eigenvalue weighted by atomic mass is 35.5. The van der Waals surface area contributed by atoms with E-state index in [1.54, 1.807) is 67.6 Å². The minimum absolute atomic E-state index is 0.00942. The molecule has 61 heavy (non-hydrogen) atoms. The Bertz CT molecular complexity index is 2040. The van der Waals surface area contributed by atoms with Crippen molar-refractivity contribution < 1.29 is 33.9 Å². The van der Waals surface area contributed by atoms with Gasteiger partial charge in [0.15, 0.2) is 5.60 Å². The van der Waals surface area contributed by atoms with E-state index in [0.717, 1.165) is 37.7 Å². The summed E-state index contributed by atoms with van der Waals surface area (Å²) in [5, 5.41) is 25.7. The molecule has 0 radical (unpaired) electrons. The van der Waals surface area contributed by atoms with Gasteiger partial charge >= 0.3 is 0 Å². The average molecular weight is 854 g/mol. The summed E-state index contributed by atoms with van der Waals surface area (Å²) in [5.74, 6) is -2.90. The predicted molar refractivity (Wildman–Crippen MR) is 234 cm³/mol. The first-order valence-electron chi connectivity index (χ1n) is 21.6. The third kappa shape index (κ3) is 10.5. The molecular formula is C48H60ClN5O7. The Morgan fingerprint density at radius 1 is 0.902 bits per heavy atom. The molecular weight excluding hydrogens is 794 g/mol. The van der Waals surface area contributed by atoms with E-state index >= 15 is 0 Å². The van der Waals surface area contributed by atoms with Crippen LogP contribution in [0, 0.1) is 11.3 Å². The lowest BCUT2D eigenvalue weighted by Gasteiger charge is -2.36. The van der Waals surface area contributed by atoms with E-state index in [1.165, 1.54) is 4.90 Å². The number of ketones is 1. The van der Waals surface area contributed by atoms with Gasteiger partial charge in [-0.05, 0) is 60.8 Å². The van der Waals surface area contributed by atoms with Crippen LogP contribution in [0.15, 0.2) is 90.1 Å². The normalized spacial score (nSPS) is 20.9. The molecule has 326 valence electrons. The van der Waals surface area contributed by atoms with Gasteiger partial charge in [-0.2, -0.15) is 0 Å². The fourth-order valence-electron chi connectivity index (χ4n) is 9.05. The zero-order chi connectivity index (χ0) is 44.0. The summed E-state index contributed by atoms with van der Waals surface area (Å²) in [6.07, 6.45) is 6.50. The molecule has 1 saturated heterocycles. The number of benzene rings is 3. The molecule has 1 saturated carbocycles. The topological polar surface area (TPSA) is 166 Å². The fourth-order valence-corrected chi connectivity index (χ4v) is 9.24. The number of hydrogen-bond donors (Lipinski definition) is 4. The van der Waals surface area contributed by atoms with Crippen LogP contribution in [0.1, 0.15) is 116 Å². The van der Waals surface area contributed by atoms with Crippen LogP contribution in [-0.2, 0) is 34.4 Å². The lowest BCUT2D eigenvalue weighted by atomic mass is 9.80. The van der Waals surface area contributed by atoms with Crippen molar-refractivity contribution in [3.63, 3.8) is 0 Å². The molecule has 0 aromatic heterocycles. The smallest absolute Gasteiger partial charge is 0.289 e. The Labute approximate surface area is 364 Å². The quantitative estimate of drug-likeness (QED) is 0.125. The van der Waals surface area contributed by atoms with Crippen molar-refractivity contribution in [3.05, 3.63) is 107 Å². The summed E-state index contributed by atoms with van der Waals surface area (Å²) in [5.41, 5.74) is -1.10. The highest BCUT2D eigenvalue weighted by Crippen LogP contribution is 2.40. The molecule has 6 rings (SSSR count). The van der Waals surface area contributed by atoms with Gasteiger partial charge in [0.25, 0.3) is 5.91 Å². The molecule has 13 heteroatoms. The number of halogens is 1. The first-order valence-corrected chi connectivity index (χ1v) is 22.0. The van der Waals surface area contributed by atoms with E-state index in [9.17, 15) is 29.1 Å². The summed E-state index contributed by atoms with van der Waals surface area (Å²) >= 11 is 6.31. The zero-order valence-corrected chi connectivity index (χ0v) is 36.7. The number of nitrogens with zero attached hydrogens (tertiary/aromatic N) is 2. The maximum Gasteiger partial charge on any atom is 0.289 e. The molecule has 2 heterocycles. The van der Waals surface area contributed by atoms with Gasteiger partial charge in [-0.15, -0.1) is 0 Å². The number of amides is 4. The number of oxime groups is 1. The third-order valence-electron chi connectivity index (χ3n) is 12.4. The van der Waals surface area contributed by atoms with Crippen LogP contribution in [0.2, 0.25) is 5.02 Å². The monoisotopic (exact) mass is 853 g/mol. The van der Waals surface area contributed by atoms with Crippen LogP contribution in [0.25, 0.3) is 0 Å². The Morgan fingerprint density at radius 2 is 1.54 bits per heavy atom. The molecule has 3 aromatic carbocycles. The van der Waals surface area contributed by atoms with Crippen LogP contribution in [0.3, 0.4) is 0 Å². The van der Waals surface area contributed by atoms with Crippen molar-refractivity contribution in [3.8, 4) is 0 Å². The maximum absolute atomic E-state index is 14.8. The highest BCUT2D eigenvalue weighted by Gasteiger charge is 2.56. The Balaban J connectivity index is 1.24. The lowest BCUT2D eigenvalue weighted by molar-refractivity contribution is -0.145. The Kier molecular flexibility index (Phi) is 14.4. The number of carbonyl (C=O) groups excluding carboxylic acids is 5. The first kappa shape index (κ1) is 45.5. The summed E-state index contributed by atoms with van der Waals surface area (Å²) in [6, 6.07) is 20.7. The van der Waals surface area contributed by atoms with Crippen LogP contribution in [0.4, 0.5) is 0 Å². The second-order valence-electron chi connectivity index (χ2n) is 18.2. The number of hydrogen-bond acceptors (Lipinski definition) is 8. The minimum Gasteiger partial charge on any atom is -0.387 e. The first-order chi connectivity index (χ1) is 29.0. The molecule has 0 unspecified atom stereocenters. The van der Waals surface area contributed by atoms with E-state index in [1.807, 2.05) is 52.0 Å². The molecule has 2 aliphatic heterocycles. The zero-order valence-electron chi connectivity index (χ0n) is 35.9. The standard InChI is InChI=1S/C48H60ClN5O7/c1-6-17-37(41(56)44(58)50-31(2)48(60,34-21-12-8-13-22-34)35-23-14-9-15-24-35)51-43(57)39-29-47(28-38(53-61-47)33-20-16-25-36(49)27-33)30-54(39)45(59)42(46(3,4)5)52-40(55)26-32-18-10-7-11-19-32/h8-9,12-16,20-25,27,31-32,37,39,42,60H,6-7,10-11,17-19,26,28-30H2,1-5H3,(H,50,58)(H,51,57)(H,52,55)/t31-,37-,39-,42+,47+/m0/s1. The van der Waals surface area contributed by atoms with E-state index in [0.29, 0.717) is 34.7 Å². The molecule has 3 aliphatic rings. The van der Waals surface area contributed by atoms with Crippen molar-refractivity contribution in [2.24, 2.45) is 16.5 Å². The van der Waals surface area contributed by atoms with E-state index in [-0.39, 0.29) is 37.6 Å². The van der Waals surface area contributed by atoms with Crippen molar-refractivity contribution in [2.45, 2.75) is 134 Å². The van der Waals surface area contributed by atoms with Gasteiger partial charge in [0.2, 0.25) is 23.5 Å². The van der Waals surface area contributed by atoms with Crippen LogP contribution >= 0.6 is 11.6 Å². The van der Waals surface area contributed by atoms with Gasteiger partial charge in [0, 0.05) is 29.8 Å². The summed E-state index contributed by atoms with van der Waals surface area (Å²) < 4.78 is 0. The summed E-state index contributed by atoms with van der Waals surface area (Å²) in [6.45, 7) is 9.06. The van der Waals surface area contributed by atoms with Crippen LogP contribution in [0.5, 0.6) is 0 Å². The second-order valence-corrected chi connectivity index (χ2v) is 18.6. The Morgan fingerprint density at radius 3 is 2.13 bits per heavy atom. The van der Waals surface area contributed by atoms with E-state index in [4.69, 9.17) is 16.4 Å². The summed E-state index contributed by atoms with van der Waals surface area (Å²) in [4.78, 5) is 78.4. The fraction of sp³-hybridized carbons (Fsp3) is 0.500. The molecule has 1 aliphatic carbocycles. The number of rotatable bonds is 15. The third-order valence-corrected chi connectivity index (χ3v) is 12.7. The van der Waals surface area contributed by atoms with Crippen molar-refractivity contribution >= 4 is 46.7 Å². The minimum atomic E-state index is -1.69. The van der Waals surface area contributed by atoms with Crippen molar-refractivity contribution in [2.75, 3.05) is 6.54 Å². The van der Waals surface area contributed by atoms with Gasteiger partial charge < -0.3 is 30.8 Å². The molecule has 1 spiro atoms. The molecule has 2 fully saturated rings. The second kappa shape index (κ2) is 19.3. The van der Waals surface area contributed by atoms with Gasteiger partial charge in [0.05, 0.1) is 24.3 Å². The van der Waals surface area contributed by atoms with Gasteiger partial charge in [-0.1, -0.05) is 143 Å². The molecule has 12 nitrogen and oxygen atoms in total. The van der Waals surface area contributed by atoms with Gasteiger partial charge in [-0.3, -0.25) is 24.0 Å². The molecule has 4 amide bonds. The number of Topliss-reactive ketones (excluding diaryl/α,β-unsaturated/α-hetero) is 1. The summed E-state index contributed by atoms with van der Waals surface area (Å²) in [7, 11) is 0. The SMILES string of the molecule is CCC[C@H](NC(=O)[C@@H]1C[C@]2(CC(c3cccc(Cl)c3)=NO2)CN1C(=O)[C@@H](NC(=O)CC1CCCCC1)C(C)(C)C)C(=O)C(=O)N[C@@H](C)C(O)(c1ccccc1)c1ccccc1. The molecule has 4 N–H and O–H groups in total. The molecule has 3 aromatic rings. The van der Waals surface area contributed by atoms with Gasteiger partial charge in [0.1, 0.15) is 17.7 Å². The Hall–Kier alpha value is -5.07. The maximum atomic E-state index is 14.8.